The lowest BCUT2D eigenvalue weighted by molar-refractivity contribution is 0.466. The predicted octanol–water partition coefficient (Wildman–Crippen LogP) is 8.34. The van der Waals surface area contributed by atoms with Gasteiger partial charge in [0.1, 0.15) is 23.0 Å². The van der Waals surface area contributed by atoms with E-state index in [0.717, 1.165) is 50.5 Å². The summed E-state index contributed by atoms with van der Waals surface area (Å²) >= 11 is 0. The maximum Gasteiger partial charge on any atom is 0.260 e. The van der Waals surface area contributed by atoms with E-state index in [2.05, 4.69) is 142 Å². The van der Waals surface area contributed by atoms with Gasteiger partial charge in [0.05, 0.1) is 0 Å². The van der Waals surface area contributed by atoms with E-state index in [0.29, 0.717) is 0 Å². The molecule has 0 atom stereocenters. The van der Waals surface area contributed by atoms with Crippen LogP contribution in [0.4, 0.5) is 0 Å². The van der Waals surface area contributed by atoms with Gasteiger partial charge in [-0.3, -0.25) is 0 Å². The number of ether oxygens (including phenoxy) is 2. The molecule has 2 aliphatic heterocycles. The molecule has 2 heterocycles. The van der Waals surface area contributed by atoms with Crippen molar-refractivity contribution in [3.8, 4) is 56.4 Å². The molecular formula is C39H29BO2. The molecule has 0 N–H and O–H groups in total. The first kappa shape index (κ1) is 24.8. The van der Waals surface area contributed by atoms with Gasteiger partial charge >= 0.3 is 0 Å². The molecule has 42 heavy (non-hydrogen) atoms. The van der Waals surface area contributed by atoms with E-state index in [9.17, 15) is 0 Å². The van der Waals surface area contributed by atoms with Crippen molar-refractivity contribution in [2.45, 2.75) is 20.8 Å². The fourth-order valence-electron chi connectivity index (χ4n) is 6.75. The Morgan fingerprint density at radius 2 is 0.976 bits per heavy atom. The summed E-state index contributed by atoms with van der Waals surface area (Å²) in [6.07, 6.45) is 0. The van der Waals surface area contributed by atoms with Crippen LogP contribution in [0, 0.1) is 20.8 Å². The van der Waals surface area contributed by atoms with E-state index in [-0.39, 0.29) is 6.71 Å². The van der Waals surface area contributed by atoms with Crippen molar-refractivity contribution < 1.29 is 9.47 Å². The summed E-state index contributed by atoms with van der Waals surface area (Å²) in [5.41, 5.74) is 14.1. The van der Waals surface area contributed by atoms with E-state index in [1.165, 1.54) is 38.9 Å². The van der Waals surface area contributed by atoms with E-state index in [4.69, 9.17) is 9.47 Å². The zero-order chi connectivity index (χ0) is 28.4. The quantitative estimate of drug-likeness (QED) is 0.210. The van der Waals surface area contributed by atoms with Crippen LogP contribution in [0.3, 0.4) is 0 Å². The van der Waals surface area contributed by atoms with Gasteiger partial charge in [-0.2, -0.15) is 0 Å². The van der Waals surface area contributed by atoms with Crippen LogP contribution in [0.25, 0.3) is 33.4 Å². The maximum absolute atomic E-state index is 6.85. The number of hydrogen-bond acceptors (Lipinski definition) is 2. The first-order valence-electron chi connectivity index (χ1n) is 14.6. The highest BCUT2D eigenvalue weighted by Crippen LogP contribution is 2.44. The monoisotopic (exact) mass is 540 g/mol. The van der Waals surface area contributed by atoms with Crippen molar-refractivity contribution in [2.24, 2.45) is 0 Å². The minimum atomic E-state index is -0.0283. The molecule has 0 aliphatic carbocycles. The zero-order valence-corrected chi connectivity index (χ0v) is 23.9. The van der Waals surface area contributed by atoms with E-state index < -0.39 is 0 Å². The minimum Gasteiger partial charge on any atom is -0.458 e. The van der Waals surface area contributed by atoms with Gasteiger partial charge in [-0.1, -0.05) is 103 Å². The molecule has 0 saturated heterocycles. The molecule has 0 spiro atoms. The number of benzene rings is 6. The second-order valence-corrected chi connectivity index (χ2v) is 11.4. The summed E-state index contributed by atoms with van der Waals surface area (Å²) in [6, 6.07) is 43.1. The van der Waals surface area contributed by atoms with Gasteiger partial charge in [0, 0.05) is 16.6 Å². The summed E-state index contributed by atoms with van der Waals surface area (Å²) < 4.78 is 13.7. The second-order valence-electron chi connectivity index (χ2n) is 11.4. The van der Waals surface area contributed by atoms with Gasteiger partial charge in [-0.25, -0.2) is 0 Å². The molecule has 0 saturated carbocycles. The molecule has 6 aromatic carbocycles. The average molecular weight is 540 g/mol. The van der Waals surface area contributed by atoms with Crippen LogP contribution in [-0.2, 0) is 0 Å². The lowest BCUT2D eigenvalue weighted by Crippen LogP contribution is -2.57. The van der Waals surface area contributed by atoms with Crippen molar-refractivity contribution in [3.63, 3.8) is 0 Å². The van der Waals surface area contributed by atoms with Crippen molar-refractivity contribution in [1.82, 2.24) is 0 Å². The Morgan fingerprint density at radius 3 is 1.64 bits per heavy atom. The Kier molecular flexibility index (Phi) is 5.62. The molecule has 2 nitrogen and oxygen atoms in total. The van der Waals surface area contributed by atoms with Crippen molar-refractivity contribution in [1.29, 1.82) is 0 Å². The number of para-hydroxylation sites is 1. The fourth-order valence-corrected chi connectivity index (χ4v) is 6.75. The summed E-state index contributed by atoms with van der Waals surface area (Å²) in [5, 5.41) is 0. The largest absolute Gasteiger partial charge is 0.458 e. The Hall–Kier alpha value is -5.02. The SMILES string of the molecule is Cc1ccccc1-c1ccc2c(c1)B1c3cccc(-c4ccccc4C)c3Oc3ccc(-c4ccccc4C)c(c31)O2. The van der Waals surface area contributed by atoms with Gasteiger partial charge in [-0.05, 0) is 88.8 Å². The van der Waals surface area contributed by atoms with E-state index in [1.54, 1.807) is 0 Å². The van der Waals surface area contributed by atoms with Gasteiger partial charge in [0.2, 0.25) is 0 Å². The normalized spacial score (nSPS) is 12.5. The summed E-state index contributed by atoms with van der Waals surface area (Å²) in [4.78, 5) is 0. The molecule has 0 radical (unpaired) electrons. The van der Waals surface area contributed by atoms with Crippen LogP contribution >= 0.6 is 0 Å². The summed E-state index contributed by atoms with van der Waals surface area (Å²) in [5.74, 6) is 3.56. The summed E-state index contributed by atoms with van der Waals surface area (Å²) in [7, 11) is 0. The smallest absolute Gasteiger partial charge is 0.260 e. The highest BCUT2D eigenvalue weighted by atomic mass is 16.5. The van der Waals surface area contributed by atoms with Gasteiger partial charge < -0.3 is 9.47 Å². The third-order valence-corrected chi connectivity index (χ3v) is 8.87. The van der Waals surface area contributed by atoms with E-state index in [1.807, 2.05) is 0 Å². The standard InChI is InChI=1S/C39H29BO2/c1-24-11-4-7-14-28(24)27-19-21-35-34(23-27)40-33-18-10-17-31(29-15-8-5-12-25(29)2)38(33)42-36-22-20-32(39(41-35)37(36)40)30-16-9-6-13-26(30)3/h4-23H,1-3H3. The van der Waals surface area contributed by atoms with E-state index >= 15 is 0 Å². The van der Waals surface area contributed by atoms with Crippen LogP contribution in [-0.4, -0.2) is 6.71 Å². The molecule has 6 aromatic rings. The topological polar surface area (TPSA) is 18.5 Å². The number of hydrogen-bond donors (Lipinski definition) is 0. The Labute approximate surface area is 247 Å². The summed E-state index contributed by atoms with van der Waals surface area (Å²) in [6.45, 7) is 6.46. The highest BCUT2D eigenvalue weighted by Gasteiger charge is 2.42. The first-order valence-corrected chi connectivity index (χ1v) is 14.6. The third-order valence-electron chi connectivity index (χ3n) is 8.87. The van der Waals surface area contributed by atoms with Crippen molar-refractivity contribution >= 4 is 23.1 Å². The second kappa shape index (κ2) is 9.53. The molecule has 0 amide bonds. The maximum atomic E-state index is 6.85. The first-order chi connectivity index (χ1) is 20.6. The van der Waals surface area contributed by atoms with Crippen LogP contribution in [0.15, 0.2) is 121 Å². The fraction of sp³-hybridized carbons (Fsp3) is 0.0769. The minimum absolute atomic E-state index is 0.0283. The van der Waals surface area contributed by atoms with Gasteiger partial charge in [-0.15, -0.1) is 0 Å². The van der Waals surface area contributed by atoms with Crippen LogP contribution in [0.2, 0.25) is 0 Å². The Balaban J connectivity index is 1.41. The molecule has 0 aromatic heterocycles. The zero-order valence-electron chi connectivity index (χ0n) is 23.9. The van der Waals surface area contributed by atoms with Crippen molar-refractivity contribution in [2.75, 3.05) is 0 Å². The molecular weight excluding hydrogens is 511 g/mol. The van der Waals surface area contributed by atoms with Gasteiger partial charge in [0.15, 0.2) is 0 Å². The molecule has 3 heteroatoms. The Bertz CT molecular complexity index is 2040. The number of rotatable bonds is 3. The molecule has 0 unspecified atom stereocenters. The third kappa shape index (κ3) is 3.74. The highest BCUT2D eigenvalue weighted by molar-refractivity contribution is 6.98. The lowest BCUT2D eigenvalue weighted by Gasteiger charge is -2.35. The van der Waals surface area contributed by atoms with Gasteiger partial charge in [0.25, 0.3) is 6.71 Å². The lowest BCUT2D eigenvalue weighted by atomic mass is 9.34. The Morgan fingerprint density at radius 1 is 0.429 bits per heavy atom. The molecule has 200 valence electrons. The van der Waals surface area contributed by atoms with Crippen molar-refractivity contribution in [3.05, 3.63) is 138 Å². The number of fused-ring (bicyclic) bond motifs is 4. The molecule has 8 rings (SSSR count). The number of aryl methyl sites for hydroxylation is 3. The van der Waals surface area contributed by atoms with Crippen LogP contribution < -0.4 is 25.9 Å². The van der Waals surface area contributed by atoms with Crippen LogP contribution in [0.5, 0.6) is 23.0 Å². The van der Waals surface area contributed by atoms with Crippen LogP contribution in [0.1, 0.15) is 16.7 Å². The average Bonchev–Trinajstić information content (AvgIpc) is 3.01. The molecule has 2 aliphatic rings. The predicted molar refractivity (Wildman–Crippen MR) is 175 cm³/mol. The molecule has 0 bridgehead atoms. The molecule has 0 fully saturated rings.